The molecule has 8 nitrogen and oxygen atoms in total. The molecule has 4 rings (SSSR count). The van der Waals surface area contributed by atoms with E-state index in [2.05, 4.69) is 0 Å². The molecule has 3 amide bonds. The molecule has 3 aliphatic rings. The molecule has 0 spiro atoms. The van der Waals surface area contributed by atoms with Gasteiger partial charge in [0.05, 0.1) is 12.6 Å². The van der Waals surface area contributed by atoms with Crippen molar-refractivity contribution in [2.45, 2.75) is 69.8 Å². The Hall–Kier alpha value is -3.10. The summed E-state index contributed by atoms with van der Waals surface area (Å²) in [6.45, 7) is 5.29. The maximum Gasteiger partial charge on any atom is 0.410 e. The van der Waals surface area contributed by atoms with E-state index in [1.54, 1.807) is 49.9 Å². The van der Waals surface area contributed by atoms with Gasteiger partial charge in [-0.2, -0.15) is 0 Å². The average Bonchev–Trinajstić information content (AvgIpc) is 3.55. The number of carbonyl (C=O) groups excluding carboxylic acids is 2. The Labute approximate surface area is 192 Å². The van der Waals surface area contributed by atoms with Crippen molar-refractivity contribution in [2.75, 3.05) is 13.1 Å². The summed E-state index contributed by atoms with van der Waals surface area (Å²) < 4.78 is 19.9. The molecule has 2 atom stereocenters. The van der Waals surface area contributed by atoms with Gasteiger partial charge in [-0.1, -0.05) is 30.4 Å². The quantitative estimate of drug-likeness (QED) is 0.695. The number of ether oxygens (including phenoxy) is 1. The topological polar surface area (TPSA) is 90.4 Å². The van der Waals surface area contributed by atoms with Crippen molar-refractivity contribution in [1.82, 2.24) is 14.7 Å². The summed E-state index contributed by atoms with van der Waals surface area (Å²) in [4.78, 5) is 43.5. The normalized spacial score (nSPS) is 24.4. The molecule has 0 aromatic heterocycles. The average molecular weight is 460 g/mol. The maximum atomic E-state index is 14.4. The molecule has 1 N–H and O–H groups in total. The molecule has 2 fully saturated rings. The lowest BCUT2D eigenvalue weighted by Gasteiger charge is -2.54. The minimum atomic E-state index is -1.49. The second-order valence-electron chi connectivity index (χ2n) is 10.0. The Kier molecular flexibility index (Phi) is 5.84. The molecule has 1 aromatic rings. The van der Waals surface area contributed by atoms with Crippen LogP contribution < -0.4 is 0 Å². The maximum absolute atomic E-state index is 14.4. The molecule has 1 saturated carbocycles. The van der Waals surface area contributed by atoms with Crippen LogP contribution in [0.25, 0.3) is 0 Å². The van der Waals surface area contributed by atoms with Crippen molar-refractivity contribution >= 4 is 18.1 Å². The molecule has 9 heteroatoms. The van der Waals surface area contributed by atoms with Gasteiger partial charge in [-0.3, -0.25) is 9.69 Å². The Bertz CT molecular complexity index is 987. The molecule has 178 valence electrons. The molecular weight excluding hydrogens is 429 g/mol. The molecule has 1 saturated heterocycles. The van der Waals surface area contributed by atoms with E-state index in [1.807, 2.05) is 6.08 Å². The number of piperazine rings is 1. The molecule has 0 radical (unpaired) electrons. The van der Waals surface area contributed by atoms with Gasteiger partial charge < -0.3 is 19.6 Å². The fourth-order valence-corrected chi connectivity index (χ4v) is 4.69. The lowest BCUT2D eigenvalue weighted by molar-refractivity contribution is -0.151. The molecule has 2 aliphatic heterocycles. The van der Waals surface area contributed by atoms with Crippen LogP contribution in [0.4, 0.5) is 14.0 Å². The van der Waals surface area contributed by atoms with Crippen molar-refractivity contribution < 1.29 is 28.6 Å². The van der Waals surface area contributed by atoms with Gasteiger partial charge in [0.1, 0.15) is 17.0 Å². The fourth-order valence-electron chi connectivity index (χ4n) is 4.69. The van der Waals surface area contributed by atoms with E-state index in [9.17, 15) is 23.9 Å². The van der Waals surface area contributed by atoms with Crippen molar-refractivity contribution in [3.63, 3.8) is 0 Å². The van der Waals surface area contributed by atoms with Gasteiger partial charge in [0.15, 0.2) is 0 Å². The second-order valence-corrected chi connectivity index (χ2v) is 10.0. The molecule has 1 aliphatic carbocycles. The van der Waals surface area contributed by atoms with E-state index in [0.717, 1.165) is 12.8 Å². The number of benzene rings is 1. The van der Waals surface area contributed by atoms with Crippen LogP contribution in [0.3, 0.4) is 0 Å². The SMILES string of the molecule is CC(C)(C)OC(=O)N1CC2C=CCC(C(=O)N(Cc3ccccc3F)C3CC3)(C1)N2C(=O)O. The van der Waals surface area contributed by atoms with Gasteiger partial charge >= 0.3 is 12.2 Å². The predicted molar refractivity (Wildman–Crippen MR) is 118 cm³/mol. The standard InChI is InChI=1S/C24H30FN3O5/c1-23(2,3)33-22(32)26-14-18-8-6-12-24(15-26,28(18)21(30)31)20(29)27(17-10-11-17)13-16-7-4-5-9-19(16)25/h4-9,17-18H,10-15H2,1-3H3,(H,30,31). The van der Waals surface area contributed by atoms with Crippen LogP contribution in [-0.2, 0) is 16.1 Å². The van der Waals surface area contributed by atoms with Gasteiger partial charge in [0.2, 0.25) is 0 Å². The number of carbonyl (C=O) groups is 3. The Morgan fingerprint density at radius 2 is 1.94 bits per heavy atom. The number of nitrogens with zero attached hydrogens (tertiary/aromatic N) is 3. The summed E-state index contributed by atoms with van der Waals surface area (Å²) >= 11 is 0. The van der Waals surface area contributed by atoms with E-state index < -0.39 is 41.1 Å². The smallest absolute Gasteiger partial charge is 0.410 e. The number of fused-ring (bicyclic) bond motifs is 2. The molecule has 2 unspecified atom stereocenters. The lowest BCUT2D eigenvalue weighted by atomic mass is 9.82. The van der Waals surface area contributed by atoms with Crippen LogP contribution in [0.1, 0.15) is 45.6 Å². The molecular formula is C24H30FN3O5. The van der Waals surface area contributed by atoms with Crippen molar-refractivity contribution in [1.29, 1.82) is 0 Å². The highest BCUT2D eigenvalue weighted by Gasteiger charge is 2.58. The van der Waals surface area contributed by atoms with E-state index in [1.165, 1.54) is 15.9 Å². The summed E-state index contributed by atoms with van der Waals surface area (Å²) in [5.74, 6) is -0.817. The molecule has 2 bridgehead atoms. The third-order valence-electron chi connectivity index (χ3n) is 6.27. The predicted octanol–water partition coefficient (Wildman–Crippen LogP) is 3.61. The van der Waals surface area contributed by atoms with E-state index in [0.29, 0.717) is 5.56 Å². The third-order valence-corrected chi connectivity index (χ3v) is 6.27. The first-order valence-electron chi connectivity index (χ1n) is 11.2. The monoisotopic (exact) mass is 459 g/mol. The highest BCUT2D eigenvalue weighted by atomic mass is 19.1. The van der Waals surface area contributed by atoms with Gasteiger partial charge in [-0.25, -0.2) is 14.0 Å². The van der Waals surface area contributed by atoms with Crippen molar-refractivity contribution in [3.8, 4) is 0 Å². The number of hydrogen-bond donors (Lipinski definition) is 1. The zero-order valence-electron chi connectivity index (χ0n) is 19.2. The van der Waals surface area contributed by atoms with E-state index >= 15 is 0 Å². The third kappa shape index (κ3) is 4.54. The van der Waals surface area contributed by atoms with E-state index in [-0.39, 0.29) is 32.1 Å². The van der Waals surface area contributed by atoms with Crippen LogP contribution in [0, 0.1) is 5.82 Å². The lowest BCUT2D eigenvalue weighted by Crippen LogP contribution is -2.74. The number of amides is 3. The van der Waals surface area contributed by atoms with Crippen molar-refractivity contribution in [3.05, 3.63) is 47.8 Å². The van der Waals surface area contributed by atoms with Crippen LogP contribution in [-0.4, -0.2) is 74.2 Å². The number of halogens is 1. The van der Waals surface area contributed by atoms with Crippen LogP contribution in [0.2, 0.25) is 0 Å². The second kappa shape index (κ2) is 8.35. The minimum absolute atomic E-state index is 0.0478. The van der Waals surface area contributed by atoms with E-state index in [4.69, 9.17) is 4.74 Å². The first-order chi connectivity index (χ1) is 15.5. The Balaban J connectivity index is 1.69. The fraction of sp³-hybridized carbons (Fsp3) is 0.542. The van der Waals surface area contributed by atoms with Crippen LogP contribution >= 0.6 is 0 Å². The summed E-state index contributed by atoms with van der Waals surface area (Å²) in [7, 11) is 0. The number of carboxylic acid groups (broad SMARTS) is 1. The molecule has 33 heavy (non-hydrogen) atoms. The number of hydrogen-bond acceptors (Lipinski definition) is 4. The zero-order valence-corrected chi connectivity index (χ0v) is 19.2. The summed E-state index contributed by atoms with van der Waals surface area (Å²) in [5, 5.41) is 10.1. The molecule has 1 aromatic carbocycles. The Morgan fingerprint density at radius 1 is 1.24 bits per heavy atom. The Morgan fingerprint density at radius 3 is 2.55 bits per heavy atom. The van der Waals surface area contributed by atoms with Gasteiger partial charge in [0.25, 0.3) is 5.91 Å². The van der Waals surface area contributed by atoms with Crippen molar-refractivity contribution in [2.24, 2.45) is 0 Å². The van der Waals surface area contributed by atoms with Crippen LogP contribution in [0.5, 0.6) is 0 Å². The first kappa shape index (κ1) is 23.1. The number of rotatable bonds is 4. The zero-order chi connectivity index (χ0) is 24.0. The first-order valence-corrected chi connectivity index (χ1v) is 11.2. The highest BCUT2D eigenvalue weighted by Crippen LogP contribution is 2.39. The van der Waals surface area contributed by atoms with Gasteiger partial charge in [0, 0.05) is 24.7 Å². The van der Waals surface area contributed by atoms with Crippen LogP contribution in [0.15, 0.2) is 36.4 Å². The summed E-state index contributed by atoms with van der Waals surface area (Å²) in [6, 6.07) is 5.52. The summed E-state index contributed by atoms with van der Waals surface area (Å²) in [6.07, 6.45) is 3.41. The molecule has 2 heterocycles. The largest absolute Gasteiger partial charge is 0.465 e. The van der Waals surface area contributed by atoms with Gasteiger partial charge in [-0.05, 0) is 46.1 Å². The minimum Gasteiger partial charge on any atom is -0.465 e. The highest BCUT2D eigenvalue weighted by molar-refractivity contribution is 5.92. The summed E-state index contributed by atoms with van der Waals surface area (Å²) in [5.41, 5.74) is -1.85. The van der Waals surface area contributed by atoms with Gasteiger partial charge in [-0.15, -0.1) is 0 Å².